The van der Waals surface area contributed by atoms with E-state index < -0.39 is 5.95 Å². The summed E-state index contributed by atoms with van der Waals surface area (Å²) in [6.45, 7) is 2.00. The largest absolute Gasteiger partial charge is 0.327 e. The quantitative estimate of drug-likeness (QED) is 0.695. The van der Waals surface area contributed by atoms with E-state index in [-0.39, 0.29) is 6.04 Å². The smallest absolute Gasteiger partial charge is 0.213 e. The van der Waals surface area contributed by atoms with Crippen molar-refractivity contribution in [3.63, 3.8) is 0 Å². The van der Waals surface area contributed by atoms with Gasteiger partial charge in [-0.3, -0.25) is 0 Å². The molecule has 3 heteroatoms. The van der Waals surface area contributed by atoms with E-state index in [1.807, 2.05) is 6.92 Å². The Balaban J connectivity index is 2.63. The van der Waals surface area contributed by atoms with Crippen LogP contribution in [0.15, 0.2) is 18.2 Å². The zero-order valence-electron chi connectivity index (χ0n) is 7.13. The molecule has 0 saturated carbocycles. The minimum atomic E-state index is -0.434. The Hall–Kier alpha value is -0.960. The van der Waals surface area contributed by atoms with E-state index in [2.05, 4.69) is 4.98 Å². The highest BCUT2D eigenvalue weighted by Gasteiger charge is 2.02. The SMILES string of the molecule is CCC(N)Cc1cccc(F)n1. The number of halogens is 1. The maximum absolute atomic E-state index is 12.6. The normalized spacial score (nSPS) is 12.9. The van der Waals surface area contributed by atoms with Gasteiger partial charge in [-0.05, 0) is 18.6 Å². The summed E-state index contributed by atoms with van der Waals surface area (Å²) in [5.41, 5.74) is 6.42. The molecular formula is C9H13FN2. The van der Waals surface area contributed by atoms with Crippen molar-refractivity contribution in [3.8, 4) is 0 Å². The lowest BCUT2D eigenvalue weighted by molar-refractivity contribution is 0.564. The maximum atomic E-state index is 12.6. The van der Waals surface area contributed by atoms with E-state index >= 15 is 0 Å². The summed E-state index contributed by atoms with van der Waals surface area (Å²) >= 11 is 0. The molecule has 1 heterocycles. The fraction of sp³-hybridized carbons (Fsp3) is 0.444. The van der Waals surface area contributed by atoms with Crippen LogP contribution in [0.1, 0.15) is 19.0 Å². The fourth-order valence-corrected chi connectivity index (χ4v) is 0.977. The van der Waals surface area contributed by atoms with Gasteiger partial charge in [0.1, 0.15) is 0 Å². The van der Waals surface area contributed by atoms with Crippen LogP contribution in [0.5, 0.6) is 0 Å². The molecule has 0 aliphatic carbocycles. The van der Waals surface area contributed by atoms with Gasteiger partial charge in [-0.1, -0.05) is 13.0 Å². The van der Waals surface area contributed by atoms with Crippen molar-refractivity contribution in [3.05, 3.63) is 29.8 Å². The molecule has 1 aromatic heterocycles. The highest BCUT2D eigenvalue weighted by atomic mass is 19.1. The van der Waals surface area contributed by atoms with Gasteiger partial charge in [0.25, 0.3) is 0 Å². The van der Waals surface area contributed by atoms with Crippen LogP contribution in [0, 0.1) is 5.95 Å². The minimum Gasteiger partial charge on any atom is -0.327 e. The molecule has 1 rings (SSSR count). The fourth-order valence-electron chi connectivity index (χ4n) is 0.977. The topological polar surface area (TPSA) is 38.9 Å². The van der Waals surface area contributed by atoms with Crippen molar-refractivity contribution in [1.29, 1.82) is 0 Å². The first-order chi connectivity index (χ1) is 5.72. The average molecular weight is 168 g/mol. The van der Waals surface area contributed by atoms with E-state index in [1.165, 1.54) is 6.07 Å². The molecule has 0 spiro atoms. The first-order valence-electron chi connectivity index (χ1n) is 4.09. The Bertz CT molecular complexity index is 250. The van der Waals surface area contributed by atoms with Gasteiger partial charge in [-0.2, -0.15) is 4.39 Å². The van der Waals surface area contributed by atoms with Crippen molar-refractivity contribution in [2.24, 2.45) is 5.73 Å². The second-order valence-corrected chi connectivity index (χ2v) is 2.82. The maximum Gasteiger partial charge on any atom is 0.213 e. The summed E-state index contributed by atoms with van der Waals surface area (Å²) in [6, 6.07) is 4.86. The molecule has 2 N–H and O–H groups in total. The number of hydrogen-bond acceptors (Lipinski definition) is 2. The number of hydrogen-bond donors (Lipinski definition) is 1. The zero-order valence-corrected chi connectivity index (χ0v) is 7.13. The molecule has 0 saturated heterocycles. The van der Waals surface area contributed by atoms with Crippen LogP contribution in [-0.4, -0.2) is 11.0 Å². The number of nitrogens with zero attached hydrogens (tertiary/aromatic N) is 1. The molecule has 0 fully saturated rings. The molecule has 1 aromatic rings. The van der Waals surface area contributed by atoms with Gasteiger partial charge in [-0.25, -0.2) is 4.98 Å². The van der Waals surface area contributed by atoms with Crippen LogP contribution < -0.4 is 5.73 Å². The van der Waals surface area contributed by atoms with Crippen molar-refractivity contribution >= 4 is 0 Å². The Morgan fingerprint density at radius 3 is 2.92 bits per heavy atom. The lowest BCUT2D eigenvalue weighted by Crippen LogP contribution is -2.22. The van der Waals surface area contributed by atoms with Gasteiger partial charge in [0.2, 0.25) is 5.95 Å². The van der Waals surface area contributed by atoms with Gasteiger partial charge in [-0.15, -0.1) is 0 Å². The van der Waals surface area contributed by atoms with Gasteiger partial charge >= 0.3 is 0 Å². The molecule has 0 amide bonds. The van der Waals surface area contributed by atoms with E-state index in [0.29, 0.717) is 6.42 Å². The zero-order chi connectivity index (χ0) is 8.97. The highest BCUT2D eigenvalue weighted by Crippen LogP contribution is 2.02. The van der Waals surface area contributed by atoms with Gasteiger partial charge in [0.15, 0.2) is 0 Å². The van der Waals surface area contributed by atoms with E-state index in [4.69, 9.17) is 5.73 Å². The summed E-state index contributed by atoms with van der Waals surface area (Å²) in [4.78, 5) is 3.71. The van der Waals surface area contributed by atoms with Crippen LogP contribution in [0.3, 0.4) is 0 Å². The lowest BCUT2D eigenvalue weighted by Gasteiger charge is -2.06. The Morgan fingerprint density at radius 1 is 1.58 bits per heavy atom. The Kier molecular flexibility index (Phi) is 3.17. The van der Waals surface area contributed by atoms with Crippen molar-refractivity contribution in [2.75, 3.05) is 0 Å². The predicted molar refractivity (Wildman–Crippen MR) is 46.2 cm³/mol. The van der Waals surface area contributed by atoms with E-state index in [0.717, 1.165) is 12.1 Å². The number of nitrogens with two attached hydrogens (primary N) is 1. The Morgan fingerprint density at radius 2 is 2.33 bits per heavy atom. The molecule has 0 aromatic carbocycles. The lowest BCUT2D eigenvalue weighted by atomic mass is 10.1. The third-order valence-corrected chi connectivity index (χ3v) is 1.77. The summed E-state index contributed by atoms with van der Waals surface area (Å²) in [5, 5.41) is 0. The molecule has 1 unspecified atom stereocenters. The first-order valence-corrected chi connectivity index (χ1v) is 4.09. The standard InChI is InChI=1S/C9H13FN2/c1-2-7(11)6-8-4-3-5-9(10)12-8/h3-5,7H,2,6,11H2,1H3. The van der Waals surface area contributed by atoms with E-state index in [1.54, 1.807) is 12.1 Å². The molecule has 0 radical (unpaired) electrons. The van der Waals surface area contributed by atoms with Crippen LogP contribution >= 0.6 is 0 Å². The van der Waals surface area contributed by atoms with Crippen LogP contribution in [-0.2, 0) is 6.42 Å². The number of pyridine rings is 1. The summed E-state index contributed by atoms with van der Waals surface area (Å²) in [7, 11) is 0. The average Bonchev–Trinajstić information content (AvgIpc) is 2.04. The summed E-state index contributed by atoms with van der Waals surface area (Å²) in [5.74, 6) is -0.434. The third kappa shape index (κ3) is 2.58. The van der Waals surface area contributed by atoms with Crippen molar-refractivity contribution in [2.45, 2.75) is 25.8 Å². The van der Waals surface area contributed by atoms with E-state index in [9.17, 15) is 4.39 Å². The molecule has 0 aliphatic heterocycles. The predicted octanol–water partition coefficient (Wildman–Crippen LogP) is 1.50. The third-order valence-electron chi connectivity index (χ3n) is 1.77. The summed E-state index contributed by atoms with van der Waals surface area (Å²) < 4.78 is 12.6. The minimum absolute atomic E-state index is 0.0827. The summed E-state index contributed by atoms with van der Waals surface area (Å²) in [6.07, 6.45) is 1.53. The highest BCUT2D eigenvalue weighted by molar-refractivity contribution is 5.05. The van der Waals surface area contributed by atoms with Gasteiger partial charge < -0.3 is 5.73 Å². The van der Waals surface area contributed by atoms with Crippen molar-refractivity contribution in [1.82, 2.24) is 4.98 Å². The first kappa shape index (κ1) is 9.13. The van der Waals surface area contributed by atoms with Crippen LogP contribution in [0.2, 0.25) is 0 Å². The monoisotopic (exact) mass is 168 g/mol. The number of aromatic nitrogens is 1. The molecule has 12 heavy (non-hydrogen) atoms. The molecule has 66 valence electrons. The molecular weight excluding hydrogens is 155 g/mol. The second kappa shape index (κ2) is 4.16. The second-order valence-electron chi connectivity index (χ2n) is 2.82. The molecule has 1 atom stereocenters. The van der Waals surface area contributed by atoms with Gasteiger partial charge in [0, 0.05) is 18.2 Å². The van der Waals surface area contributed by atoms with Gasteiger partial charge in [0.05, 0.1) is 0 Å². The molecule has 0 aliphatic rings. The number of rotatable bonds is 3. The molecule has 2 nitrogen and oxygen atoms in total. The van der Waals surface area contributed by atoms with Crippen molar-refractivity contribution < 1.29 is 4.39 Å². The Labute approximate surface area is 71.6 Å². The van der Waals surface area contributed by atoms with Crippen LogP contribution in [0.25, 0.3) is 0 Å². The molecule has 0 bridgehead atoms. The van der Waals surface area contributed by atoms with Crippen LogP contribution in [0.4, 0.5) is 4.39 Å².